The Morgan fingerprint density at radius 1 is 1.24 bits per heavy atom. The van der Waals surface area contributed by atoms with Gasteiger partial charge in [0.15, 0.2) is 0 Å². The Balaban J connectivity index is 0.00000240. The zero-order valence-corrected chi connectivity index (χ0v) is 17.6. The summed E-state index contributed by atoms with van der Waals surface area (Å²) in [5, 5.41) is 27.4. The predicted molar refractivity (Wildman–Crippen MR) is 113 cm³/mol. The number of carbonyl (C=O) groups excluding carboxylic acids is 1. The number of aromatic amines is 1. The molecule has 1 fully saturated rings. The number of hydrogen-bond acceptors (Lipinski definition) is 5. The molecule has 1 aliphatic carbocycles. The van der Waals surface area contributed by atoms with Crippen LogP contribution in [0.3, 0.4) is 0 Å². The van der Waals surface area contributed by atoms with Gasteiger partial charge in [0, 0.05) is 48.3 Å². The number of amides is 1. The van der Waals surface area contributed by atoms with E-state index >= 15 is 0 Å². The number of aromatic nitrogens is 2. The van der Waals surface area contributed by atoms with E-state index in [2.05, 4.69) is 10.2 Å². The zero-order valence-electron chi connectivity index (χ0n) is 16.0. The Hall–Kier alpha value is -1.96. The van der Waals surface area contributed by atoms with Gasteiger partial charge < -0.3 is 20.8 Å². The predicted octanol–water partition coefficient (Wildman–Crippen LogP) is 3.21. The number of nitrogens with one attached hydrogen (secondary N) is 1. The smallest absolute Gasteiger partial charge is 0.225 e. The van der Waals surface area contributed by atoms with Crippen LogP contribution in [0.1, 0.15) is 36.9 Å². The first-order chi connectivity index (χ1) is 13.5. The first-order valence-electron chi connectivity index (χ1n) is 9.74. The van der Waals surface area contributed by atoms with Crippen molar-refractivity contribution in [3.05, 3.63) is 28.4 Å². The second-order valence-electron chi connectivity index (χ2n) is 7.81. The SMILES string of the molecule is Cl.NCC1CCC(C(=O)N2CCc3[nH]nc(-c4cc(Cl)c(O)cc4O)c3C2)CC1. The molecule has 2 heterocycles. The topological polar surface area (TPSA) is 115 Å². The van der Waals surface area contributed by atoms with Crippen molar-refractivity contribution in [2.45, 2.75) is 38.6 Å². The van der Waals surface area contributed by atoms with Gasteiger partial charge in [-0.05, 0) is 44.2 Å². The second-order valence-corrected chi connectivity index (χ2v) is 8.22. The summed E-state index contributed by atoms with van der Waals surface area (Å²) in [5.41, 5.74) is 8.64. The number of H-pyrrole nitrogens is 1. The van der Waals surface area contributed by atoms with Gasteiger partial charge in [-0.3, -0.25) is 9.89 Å². The highest BCUT2D eigenvalue weighted by atomic mass is 35.5. The van der Waals surface area contributed by atoms with Crippen LogP contribution in [0.25, 0.3) is 11.3 Å². The van der Waals surface area contributed by atoms with E-state index in [1.54, 1.807) is 0 Å². The van der Waals surface area contributed by atoms with Crippen LogP contribution in [0.4, 0.5) is 0 Å². The van der Waals surface area contributed by atoms with E-state index in [0.29, 0.717) is 43.2 Å². The van der Waals surface area contributed by atoms with E-state index < -0.39 is 0 Å². The van der Waals surface area contributed by atoms with Crippen molar-refractivity contribution in [3.8, 4) is 22.8 Å². The van der Waals surface area contributed by atoms with Gasteiger partial charge in [0.1, 0.15) is 17.2 Å². The summed E-state index contributed by atoms with van der Waals surface area (Å²) in [6, 6.07) is 2.71. The van der Waals surface area contributed by atoms with Crippen LogP contribution in [-0.4, -0.2) is 44.3 Å². The molecule has 158 valence electrons. The molecular weight excluding hydrogens is 415 g/mol. The molecule has 0 radical (unpaired) electrons. The largest absolute Gasteiger partial charge is 0.507 e. The van der Waals surface area contributed by atoms with Gasteiger partial charge in [0.05, 0.1) is 5.02 Å². The number of phenolic OH excluding ortho intramolecular Hbond substituents is 2. The molecule has 4 rings (SSSR count). The summed E-state index contributed by atoms with van der Waals surface area (Å²) in [7, 11) is 0. The molecule has 0 spiro atoms. The fraction of sp³-hybridized carbons (Fsp3) is 0.500. The Morgan fingerprint density at radius 3 is 2.66 bits per heavy atom. The molecule has 1 saturated carbocycles. The summed E-state index contributed by atoms with van der Waals surface area (Å²) >= 11 is 6.02. The number of halogens is 2. The molecule has 29 heavy (non-hydrogen) atoms. The number of fused-ring (bicyclic) bond motifs is 1. The van der Waals surface area contributed by atoms with Crippen LogP contribution in [0, 0.1) is 11.8 Å². The summed E-state index contributed by atoms with van der Waals surface area (Å²) in [5.74, 6) is 0.522. The molecule has 0 atom stereocenters. The standard InChI is InChI=1S/C20H25ClN4O3.ClH/c21-15-7-13(17(26)8-18(15)27)19-14-10-25(6-5-16(14)23-24-19)20(28)12-3-1-11(9-22)2-4-12;/h7-8,11-12,26-27H,1-6,9-10,22H2,(H,23,24);1H. The van der Waals surface area contributed by atoms with Gasteiger partial charge in [-0.2, -0.15) is 5.10 Å². The number of phenols is 2. The van der Waals surface area contributed by atoms with Crippen LogP contribution in [-0.2, 0) is 17.8 Å². The summed E-state index contributed by atoms with van der Waals surface area (Å²) in [6.45, 7) is 1.81. The molecule has 0 saturated heterocycles. The van der Waals surface area contributed by atoms with Gasteiger partial charge in [-0.15, -0.1) is 12.4 Å². The van der Waals surface area contributed by atoms with Gasteiger partial charge in [0.25, 0.3) is 0 Å². The number of aromatic hydroxyl groups is 2. The van der Waals surface area contributed by atoms with Crippen LogP contribution in [0.5, 0.6) is 11.5 Å². The lowest BCUT2D eigenvalue weighted by Crippen LogP contribution is -2.41. The van der Waals surface area contributed by atoms with E-state index in [0.717, 1.165) is 36.9 Å². The normalized spacial score (nSPS) is 21.4. The van der Waals surface area contributed by atoms with E-state index in [1.165, 1.54) is 12.1 Å². The first-order valence-corrected chi connectivity index (χ1v) is 10.1. The van der Waals surface area contributed by atoms with E-state index in [4.69, 9.17) is 17.3 Å². The third-order valence-electron chi connectivity index (χ3n) is 6.09. The molecular formula is C20H26Cl2N4O3. The lowest BCUT2D eigenvalue weighted by Gasteiger charge is -2.33. The molecule has 2 aromatic rings. The monoisotopic (exact) mass is 440 g/mol. The number of nitrogens with two attached hydrogens (primary N) is 1. The molecule has 9 heteroatoms. The van der Waals surface area contributed by atoms with Crippen molar-refractivity contribution < 1.29 is 15.0 Å². The number of rotatable bonds is 3. The van der Waals surface area contributed by atoms with Gasteiger partial charge in [-0.25, -0.2) is 0 Å². The van der Waals surface area contributed by atoms with Crippen LogP contribution in [0.2, 0.25) is 5.02 Å². The minimum atomic E-state index is -0.183. The average Bonchev–Trinajstić information content (AvgIpc) is 3.13. The molecule has 0 bridgehead atoms. The van der Waals surface area contributed by atoms with Gasteiger partial charge >= 0.3 is 0 Å². The number of hydrogen-bond donors (Lipinski definition) is 4. The third-order valence-corrected chi connectivity index (χ3v) is 6.40. The minimum Gasteiger partial charge on any atom is -0.507 e. The minimum absolute atomic E-state index is 0. The maximum Gasteiger partial charge on any atom is 0.225 e. The van der Waals surface area contributed by atoms with E-state index in [9.17, 15) is 15.0 Å². The van der Waals surface area contributed by atoms with Crippen molar-refractivity contribution in [2.75, 3.05) is 13.1 Å². The summed E-state index contributed by atoms with van der Waals surface area (Å²) in [6.07, 6.45) is 4.53. The fourth-order valence-corrected chi connectivity index (χ4v) is 4.51. The fourth-order valence-electron chi connectivity index (χ4n) is 4.35. The maximum atomic E-state index is 13.1. The number of carbonyl (C=O) groups is 1. The molecule has 7 nitrogen and oxygen atoms in total. The molecule has 2 aliphatic rings. The quantitative estimate of drug-likeness (QED) is 0.584. The highest BCUT2D eigenvalue weighted by molar-refractivity contribution is 6.32. The van der Waals surface area contributed by atoms with Crippen molar-refractivity contribution in [1.82, 2.24) is 15.1 Å². The van der Waals surface area contributed by atoms with Crippen molar-refractivity contribution in [1.29, 1.82) is 0 Å². The summed E-state index contributed by atoms with van der Waals surface area (Å²) in [4.78, 5) is 15.0. The van der Waals surface area contributed by atoms with Crippen molar-refractivity contribution in [3.63, 3.8) is 0 Å². The Bertz CT molecular complexity index is 894. The maximum absolute atomic E-state index is 13.1. The lowest BCUT2D eigenvalue weighted by molar-refractivity contribution is -0.137. The van der Waals surface area contributed by atoms with Crippen LogP contribution < -0.4 is 5.73 Å². The average molecular weight is 441 g/mol. The van der Waals surface area contributed by atoms with Gasteiger partial charge in [-0.1, -0.05) is 11.6 Å². The number of benzene rings is 1. The highest BCUT2D eigenvalue weighted by Crippen LogP contribution is 2.40. The lowest BCUT2D eigenvalue weighted by atomic mass is 9.81. The Kier molecular flexibility index (Phi) is 6.61. The van der Waals surface area contributed by atoms with Crippen molar-refractivity contribution in [2.24, 2.45) is 17.6 Å². The third kappa shape index (κ3) is 4.17. The molecule has 1 aromatic heterocycles. The molecule has 0 unspecified atom stereocenters. The van der Waals surface area contributed by atoms with E-state index in [-0.39, 0.29) is 40.8 Å². The molecule has 1 aliphatic heterocycles. The Labute approximate surface area is 180 Å². The summed E-state index contributed by atoms with van der Waals surface area (Å²) < 4.78 is 0. The molecule has 5 N–H and O–H groups in total. The molecule has 1 amide bonds. The highest BCUT2D eigenvalue weighted by Gasteiger charge is 2.32. The van der Waals surface area contributed by atoms with Crippen LogP contribution in [0.15, 0.2) is 12.1 Å². The van der Waals surface area contributed by atoms with Crippen LogP contribution >= 0.6 is 24.0 Å². The molecule has 1 aromatic carbocycles. The van der Waals surface area contributed by atoms with Crippen molar-refractivity contribution >= 4 is 29.9 Å². The number of nitrogens with zero attached hydrogens (tertiary/aromatic N) is 2. The Morgan fingerprint density at radius 2 is 1.97 bits per heavy atom. The van der Waals surface area contributed by atoms with Gasteiger partial charge in [0.2, 0.25) is 5.91 Å². The second kappa shape index (κ2) is 8.81. The van der Waals surface area contributed by atoms with E-state index in [1.807, 2.05) is 4.90 Å². The first kappa shape index (κ1) is 21.7. The zero-order chi connectivity index (χ0) is 19.8.